The summed E-state index contributed by atoms with van der Waals surface area (Å²) < 4.78 is 1.27. The second-order valence-electron chi connectivity index (χ2n) is 4.26. The van der Waals surface area contributed by atoms with Gasteiger partial charge in [0.2, 0.25) is 0 Å². The van der Waals surface area contributed by atoms with Crippen LogP contribution in [-0.4, -0.2) is 22.0 Å². The average Bonchev–Trinajstić information content (AvgIpc) is 2.87. The SMILES string of the molecule is CC1CC(Nc2ccc3ncsc3c2)CS1. The van der Waals surface area contributed by atoms with Crippen molar-refractivity contribution in [2.45, 2.75) is 24.6 Å². The van der Waals surface area contributed by atoms with Crippen molar-refractivity contribution >= 4 is 39.0 Å². The Hall–Kier alpha value is -0.740. The highest BCUT2D eigenvalue weighted by Crippen LogP contribution is 2.29. The monoisotopic (exact) mass is 250 g/mol. The average molecular weight is 250 g/mol. The van der Waals surface area contributed by atoms with Crippen LogP contribution >= 0.6 is 23.1 Å². The van der Waals surface area contributed by atoms with Crippen LogP contribution < -0.4 is 5.32 Å². The van der Waals surface area contributed by atoms with E-state index in [1.807, 2.05) is 5.51 Å². The Labute approximate surface area is 103 Å². The Morgan fingerprint density at radius 1 is 1.44 bits per heavy atom. The van der Waals surface area contributed by atoms with Gasteiger partial charge in [-0.25, -0.2) is 4.98 Å². The summed E-state index contributed by atoms with van der Waals surface area (Å²) >= 11 is 3.76. The third-order valence-corrected chi connectivity index (χ3v) is 5.05. The molecule has 0 saturated carbocycles. The lowest BCUT2D eigenvalue weighted by Crippen LogP contribution is -2.18. The van der Waals surface area contributed by atoms with Gasteiger partial charge in [-0.3, -0.25) is 0 Å². The van der Waals surface area contributed by atoms with Gasteiger partial charge in [0.1, 0.15) is 0 Å². The summed E-state index contributed by atoms with van der Waals surface area (Å²) in [6, 6.07) is 7.07. The van der Waals surface area contributed by atoms with Crippen LogP contribution in [-0.2, 0) is 0 Å². The van der Waals surface area contributed by atoms with Gasteiger partial charge < -0.3 is 5.32 Å². The third-order valence-electron chi connectivity index (χ3n) is 2.90. The Balaban J connectivity index is 1.78. The molecular weight excluding hydrogens is 236 g/mol. The first-order valence-corrected chi connectivity index (χ1v) is 7.45. The maximum Gasteiger partial charge on any atom is 0.0813 e. The molecule has 0 spiro atoms. The van der Waals surface area contributed by atoms with Gasteiger partial charge in [0.25, 0.3) is 0 Å². The van der Waals surface area contributed by atoms with Gasteiger partial charge in [-0.1, -0.05) is 6.92 Å². The van der Waals surface area contributed by atoms with Crippen molar-refractivity contribution in [1.29, 1.82) is 0 Å². The number of nitrogens with one attached hydrogen (secondary N) is 1. The minimum atomic E-state index is 0.630. The first kappa shape index (κ1) is 10.4. The van der Waals surface area contributed by atoms with Crippen LogP contribution in [0.3, 0.4) is 0 Å². The van der Waals surface area contributed by atoms with E-state index in [1.165, 1.54) is 22.6 Å². The molecule has 1 aliphatic heterocycles. The molecule has 0 radical (unpaired) electrons. The van der Waals surface area contributed by atoms with Gasteiger partial charge in [0, 0.05) is 22.7 Å². The third kappa shape index (κ3) is 2.04. The summed E-state index contributed by atoms with van der Waals surface area (Å²) in [6.45, 7) is 2.30. The highest BCUT2D eigenvalue weighted by atomic mass is 32.2. The number of thiazole rings is 1. The number of aromatic nitrogens is 1. The molecule has 2 aromatic rings. The molecule has 84 valence electrons. The molecule has 2 atom stereocenters. The minimum Gasteiger partial charge on any atom is -0.381 e. The number of nitrogens with zero attached hydrogens (tertiary/aromatic N) is 1. The van der Waals surface area contributed by atoms with Crippen molar-refractivity contribution in [3.8, 4) is 0 Å². The Morgan fingerprint density at radius 3 is 3.19 bits per heavy atom. The highest BCUT2D eigenvalue weighted by molar-refractivity contribution is 8.00. The van der Waals surface area contributed by atoms with E-state index in [-0.39, 0.29) is 0 Å². The fourth-order valence-corrected chi connectivity index (χ4v) is 3.96. The van der Waals surface area contributed by atoms with E-state index in [0.29, 0.717) is 6.04 Å². The van der Waals surface area contributed by atoms with E-state index in [4.69, 9.17) is 0 Å². The fraction of sp³-hybridized carbons (Fsp3) is 0.417. The number of thioether (sulfide) groups is 1. The van der Waals surface area contributed by atoms with Crippen LogP contribution in [0, 0.1) is 0 Å². The fourth-order valence-electron chi connectivity index (χ4n) is 2.10. The second-order valence-corrected chi connectivity index (χ2v) is 6.61. The van der Waals surface area contributed by atoms with Crippen LogP contribution in [0.15, 0.2) is 23.7 Å². The molecule has 1 N–H and O–H groups in total. The molecule has 3 rings (SSSR count). The molecule has 1 aromatic carbocycles. The van der Waals surface area contributed by atoms with Crippen molar-refractivity contribution in [3.05, 3.63) is 23.7 Å². The smallest absolute Gasteiger partial charge is 0.0813 e. The molecule has 2 unspecified atom stereocenters. The van der Waals surface area contributed by atoms with E-state index >= 15 is 0 Å². The highest BCUT2D eigenvalue weighted by Gasteiger charge is 2.21. The predicted octanol–water partition coefficient (Wildman–Crippen LogP) is 3.60. The standard InChI is InChI=1S/C12H14N2S2/c1-8-4-10(6-15-8)14-9-2-3-11-12(5-9)16-7-13-11/h2-3,5,7-8,10,14H,4,6H2,1H3. The van der Waals surface area contributed by atoms with Crippen LogP contribution in [0.5, 0.6) is 0 Å². The molecule has 0 aliphatic carbocycles. The largest absolute Gasteiger partial charge is 0.381 e. The molecule has 2 heterocycles. The van der Waals surface area contributed by atoms with E-state index in [9.17, 15) is 0 Å². The second kappa shape index (κ2) is 4.26. The van der Waals surface area contributed by atoms with E-state index in [0.717, 1.165) is 10.8 Å². The van der Waals surface area contributed by atoms with Gasteiger partial charge in [-0.2, -0.15) is 11.8 Å². The summed E-state index contributed by atoms with van der Waals surface area (Å²) in [6.07, 6.45) is 1.27. The lowest BCUT2D eigenvalue weighted by molar-refractivity contribution is 0.747. The van der Waals surface area contributed by atoms with Crippen LogP contribution in [0.2, 0.25) is 0 Å². The topological polar surface area (TPSA) is 24.9 Å². The maximum atomic E-state index is 4.29. The summed E-state index contributed by atoms with van der Waals surface area (Å²) in [7, 11) is 0. The van der Waals surface area contributed by atoms with Gasteiger partial charge >= 0.3 is 0 Å². The van der Waals surface area contributed by atoms with E-state index in [1.54, 1.807) is 11.3 Å². The molecule has 1 aromatic heterocycles. The number of fused-ring (bicyclic) bond motifs is 1. The van der Waals surface area contributed by atoms with Crippen molar-refractivity contribution in [3.63, 3.8) is 0 Å². The molecule has 16 heavy (non-hydrogen) atoms. The van der Waals surface area contributed by atoms with Gasteiger partial charge in [-0.05, 0) is 24.6 Å². The van der Waals surface area contributed by atoms with Crippen molar-refractivity contribution in [2.75, 3.05) is 11.1 Å². The number of hydrogen-bond acceptors (Lipinski definition) is 4. The molecule has 0 amide bonds. The maximum absolute atomic E-state index is 4.29. The quantitative estimate of drug-likeness (QED) is 0.881. The summed E-state index contributed by atoms with van der Waals surface area (Å²) in [4.78, 5) is 4.29. The first-order chi connectivity index (χ1) is 7.81. The van der Waals surface area contributed by atoms with Crippen molar-refractivity contribution in [1.82, 2.24) is 4.98 Å². The zero-order chi connectivity index (χ0) is 11.0. The Kier molecular flexibility index (Phi) is 2.77. The number of hydrogen-bond donors (Lipinski definition) is 1. The summed E-state index contributed by atoms with van der Waals surface area (Å²) in [5, 5.41) is 4.41. The van der Waals surface area contributed by atoms with Gasteiger partial charge in [-0.15, -0.1) is 11.3 Å². The van der Waals surface area contributed by atoms with Gasteiger partial charge in [0.15, 0.2) is 0 Å². The molecular formula is C12H14N2S2. The molecule has 2 nitrogen and oxygen atoms in total. The summed E-state index contributed by atoms with van der Waals surface area (Å²) in [5.41, 5.74) is 4.24. The lowest BCUT2D eigenvalue weighted by atomic mass is 10.2. The minimum absolute atomic E-state index is 0.630. The number of benzene rings is 1. The molecule has 1 fully saturated rings. The molecule has 0 bridgehead atoms. The van der Waals surface area contributed by atoms with Crippen molar-refractivity contribution < 1.29 is 0 Å². The first-order valence-electron chi connectivity index (χ1n) is 5.52. The zero-order valence-electron chi connectivity index (χ0n) is 9.14. The normalized spacial score (nSPS) is 25.1. The molecule has 4 heteroatoms. The Bertz CT molecular complexity index is 494. The van der Waals surface area contributed by atoms with E-state index in [2.05, 4.69) is 47.2 Å². The van der Waals surface area contributed by atoms with Crippen molar-refractivity contribution in [2.24, 2.45) is 0 Å². The summed E-state index contributed by atoms with van der Waals surface area (Å²) in [5.74, 6) is 1.22. The zero-order valence-corrected chi connectivity index (χ0v) is 10.8. The van der Waals surface area contributed by atoms with Crippen LogP contribution in [0.25, 0.3) is 10.2 Å². The number of rotatable bonds is 2. The number of anilines is 1. The molecule has 1 aliphatic rings. The van der Waals surface area contributed by atoms with Gasteiger partial charge in [0.05, 0.1) is 15.7 Å². The predicted molar refractivity (Wildman–Crippen MR) is 73.6 cm³/mol. The Morgan fingerprint density at radius 2 is 2.38 bits per heavy atom. The lowest BCUT2D eigenvalue weighted by Gasteiger charge is -2.12. The molecule has 1 saturated heterocycles. The van der Waals surface area contributed by atoms with E-state index < -0.39 is 0 Å². The van der Waals surface area contributed by atoms with Crippen LogP contribution in [0.1, 0.15) is 13.3 Å². The van der Waals surface area contributed by atoms with Crippen LogP contribution in [0.4, 0.5) is 5.69 Å².